The molecular formula is C14H20N4S2. The summed E-state index contributed by atoms with van der Waals surface area (Å²) < 4.78 is 0. The van der Waals surface area contributed by atoms with E-state index < -0.39 is 0 Å². The number of rotatable bonds is 5. The Hall–Kier alpha value is -0.850. The molecule has 6 heteroatoms. The number of thiophene rings is 1. The van der Waals surface area contributed by atoms with Gasteiger partial charge in [-0.25, -0.2) is 9.97 Å². The summed E-state index contributed by atoms with van der Waals surface area (Å²) in [7, 11) is 2.19. The minimum Gasteiger partial charge on any atom is -0.370 e. The molecule has 1 unspecified atom stereocenters. The highest BCUT2D eigenvalue weighted by atomic mass is 32.2. The fourth-order valence-electron chi connectivity index (χ4n) is 2.49. The summed E-state index contributed by atoms with van der Waals surface area (Å²) in [5, 5.41) is 6.58. The topological polar surface area (TPSA) is 41.1 Å². The van der Waals surface area contributed by atoms with Crippen molar-refractivity contribution in [3.05, 3.63) is 17.3 Å². The summed E-state index contributed by atoms with van der Waals surface area (Å²) in [5.41, 5.74) is 0. The number of thioether (sulfide) groups is 1. The second-order valence-electron chi connectivity index (χ2n) is 5.09. The quantitative estimate of drug-likeness (QED) is 0.919. The molecule has 1 atom stereocenters. The normalized spacial score (nSPS) is 19.1. The zero-order valence-electron chi connectivity index (χ0n) is 11.9. The maximum absolute atomic E-state index is 4.71. The van der Waals surface area contributed by atoms with E-state index in [1.165, 1.54) is 17.9 Å². The predicted molar refractivity (Wildman–Crippen MR) is 88.8 cm³/mol. The number of fused-ring (bicyclic) bond motifs is 1. The van der Waals surface area contributed by atoms with Crippen LogP contribution in [0.4, 0.5) is 5.82 Å². The average molecular weight is 308 g/mol. The molecule has 1 aliphatic heterocycles. The van der Waals surface area contributed by atoms with Crippen LogP contribution in [0.5, 0.6) is 0 Å². The molecule has 4 nitrogen and oxygen atoms in total. The van der Waals surface area contributed by atoms with Crippen LogP contribution in [0, 0.1) is 0 Å². The number of anilines is 1. The molecule has 2 aromatic rings. The van der Waals surface area contributed by atoms with Gasteiger partial charge in [-0.05, 0) is 37.6 Å². The summed E-state index contributed by atoms with van der Waals surface area (Å²) in [4.78, 5) is 12.9. The molecule has 3 heterocycles. The summed E-state index contributed by atoms with van der Waals surface area (Å²) in [6.45, 7) is 3.82. The third-order valence-electron chi connectivity index (χ3n) is 3.64. The fourth-order valence-corrected chi connectivity index (χ4v) is 4.58. The van der Waals surface area contributed by atoms with Crippen molar-refractivity contribution in [1.82, 2.24) is 14.9 Å². The Kier molecular flexibility index (Phi) is 4.43. The zero-order valence-corrected chi connectivity index (χ0v) is 13.6. The largest absolute Gasteiger partial charge is 0.370 e. The molecule has 0 amide bonds. The molecular weight excluding hydrogens is 288 g/mol. The van der Waals surface area contributed by atoms with Gasteiger partial charge >= 0.3 is 0 Å². The first-order chi connectivity index (χ1) is 9.78. The smallest absolute Gasteiger partial charge is 0.146 e. The first-order valence-corrected chi connectivity index (χ1v) is 9.07. The van der Waals surface area contributed by atoms with Gasteiger partial charge in [0.2, 0.25) is 0 Å². The van der Waals surface area contributed by atoms with Crippen molar-refractivity contribution in [2.45, 2.75) is 25.9 Å². The molecule has 1 fully saturated rings. The van der Waals surface area contributed by atoms with Crippen LogP contribution in [-0.4, -0.2) is 46.0 Å². The summed E-state index contributed by atoms with van der Waals surface area (Å²) in [5.74, 6) is 4.42. The van der Waals surface area contributed by atoms with E-state index in [2.05, 4.69) is 35.6 Å². The highest BCUT2D eigenvalue weighted by molar-refractivity contribution is 7.99. The van der Waals surface area contributed by atoms with E-state index in [1.54, 1.807) is 11.3 Å². The van der Waals surface area contributed by atoms with Crippen LogP contribution >= 0.6 is 23.1 Å². The van der Waals surface area contributed by atoms with Gasteiger partial charge in [0, 0.05) is 18.3 Å². The van der Waals surface area contributed by atoms with Crippen molar-refractivity contribution >= 4 is 39.1 Å². The Morgan fingerprint density at radius 1 is 1.45 bits per heavy atom. The Labute approximate surface area is 128 Å². The first kappa shape index (κ1) is 14.1. The van der Waals surface area contributed by atoms with Crippen LogP contribution in [0.2, 0.25) is 0 Å². The molecule has 0 bridgehead atoms. The second-order valence-corrected chi connectivity index (χ2v) is 7.14. The molecule has 20 heavy (non-hydrogen) atoms. The molecule has 3 rings (SSSR count). The molecule has 108 valence electrons. The van der Waals surface area contributed by atoms with Crippen molar-refractivity contribution in [1.29, 1.82) is 0 Å². The lowest BCUT2D eigenvalue weighted by Crippen LogP contribution is -2.31. The Bertz CT molecular complexity index is 578. The number of nitrogens with one attached hydrogen (secondary N) is 1. The lowest BCUT2D eigenvalue weighted by atomic mass is 10.2. The first-order valence-electron chi connectivity index (χ1n) is 7.04. The molecule has 0 aliphatic carbocycles. The summed E-state index contributed by atoms with van der Waals surface area (Å²) in [6, 6.07) is 2.77. The third-order valence-corrected chi connectivity index (χ3v) is 5.59. The highest BCUT2D eigenvalue weighted by Crippen LogP contribution is 2.26. The Morgan fingerprint density at radius 3 is 3.10 bits per heavy atom. The van der Waals surface area contributed by atoms with Gasteiger partial charge in [0.25, 0.3) is 0 Å². The van der Waals surface area contributed by atoms with Crippen molar-refractivity contribution in [3.63, 3.8) is 0 Å². The van der Waals surface area contributed by atoms with E-state index in [-0.39, 0.29) is 0 Å². The Morgan fingerprint density at radius 2 is 2.35 bits per heavy atom. The van der Waals surface area contributed by atoms with Crippen molar-refractivity contribution < 1.29 is 0 Å². The van der Waals surface area contributed by atoms with E-state index in [4.69, 9.17) is 9.97 Å². The molecule has 0 spiro atoms. The SMILES string of the molecule is CCNc1nc(CN(C)C2CCSC2)nc2sccc12. The zero-order chi connectivity index (χ0) is 13.9. The van der Waals surface area contributed by atoms with Gasteiger partial charge < -0.3 is 5.32 Å². The average Bonchev–Trinajstić information content (AvgIpc) is 3.10. The maximum Gasteiger partial charge on any atom is 0.146 e. The second kappa shape index (κ2) is 6.28. The van der Waals surface area contributed by atoms with Crippen LogP contribution in [0.3, 0.4) is 0 Å². The van der Waals surface area contributed by atoms with Gasteiger partial charge in [0.05, 0.1) is 11.9 Å². The Balaban J connectivity index is 1.83. The van der Waals surface area contributed by atoms with Crippen LogP contribution in [0.15, 0.2) is 11.4 Å². The minimum absolute atomic E-state index is 0.671. The molecule has 2 aromatic heterocycles. The van der Waals surface area contributed by atoms with Crippen molar-refractivity contribution in [3.8, 4) is 0 Å². The third kappa shape index (κ3) is 2.92. The summed E-state index contributed by atoms with van der Waals surface area (Å²) >= 11 is 3.73. The van der Waals surface area contributed by atoms with Gasteiger partial charge in [-0.15, -0.1) is 11.3 Å². The van der Waals surface area contributed by atoms with Gasteiger partial charge in [-0.1, -0.05) is 0 Å². The van der Waals surface area contributed by atoms with Crippen LogP contribution in [0.25, 0.3) is 10.2 Å². The molecule has 0 radical (unpaired) electrons. The van der Waals surface area contributed by atoms with Crippen molar-refractivity contribution in [2.75, 3.05) is 30.4 Å². The predicted octanol–water partition coefficient (Wildman–Crippen LogP) is 3.06. The van der Waals surface area contributed by atoms with Crippen molar-refractivity contribution in [2.24, 2.45) is 0 Å². The fraction of sp³-hybridized carbons (Fsp3) is 0.571. The van der Waals surface area contributed by atoms with Crippen LogP contribution < -0.4 is 5.32 Å². The molecule has 1 saturated heterocycles. The van der Waals surface area contributed by atoms with Gasteiger partial charge in [0.1, 0.15) is 16.5 Å². The van der Waals surface area contributed by atoms with E-state index in [0.29, 0.717) is 6.04 Å². The van der Waals surface area contributed by atoms with Crippen LogP contribution in [-0.2, 0) is 6.54 Å². The van der Waals surface area contributed by atoms with E-state index >= 15 is 0 Å². The molecule has 1 aliphatic rings. The monoisotopic (exact) mass is 308 g/mol. The van der Waals surface area contributed by atoms with E-state index in [0.717, 1.165) is 34.9 Å². The lowest BCUT2D eigenvalue weighted by Gasteiger charge is -2.22. The van der Waals surface area contributed by atoms with E-state index in [1.807, 2.05) is 11.8 Å². The standard InChI is InChI=1S/C14H20N4S2/c1-3-15-13-11-5-7-20-14(11)17-12(16-13)8-18(2)10-4-6-19-9-10/h5,7,10H,3-4,6,8-9H2,1-2H3,(H,15,16,17). The number of aromatic nitrogens is 2. The molecule has 0 saturated carbocycles. The van der Waals surface area contributed by atoms with Crippen LogP contribution in [0.1, 0.15) is 19.2 Å². The number of nitrogens with zero attached hydrogens (tertiary/aromatic N) is 3. The molecule has 0 aromatic carbocycles. The maximum atomic E-state index is 4.71. The molecule has 1 N–H and O–H groups in total. The number of hydrogen-bond donors (Lipinski definition) is 1. The number of hydrogen-bond acceptors (Lipinski definition) is 6. The van der Waals surface area contributed by atoms with Gasteiger partial charge in [-0.2, -0.15) is 11.8 Å². The highest BCUT2D eigenvalue weighted by Gasteiger charge is 2.21. The lowest BCUT2D eigenvalue weighted by molar-refractivity contribution is 0.249. The summed E-state index contributed by atoms with van der Waals surface area (Å²) in [6.07, 6.45) is 1.28. The van der Waals surface area contributed by atoms with E-state index in [9.17, 15) is 0 Å². The minimum atomic E-state index is 0.671. The van der Waals surface area contributed by atoms with Gasteiger partial charge in [-0.3, -0.25) is 4.90 Å². The van der Waals surface area contributed by atoms with Gasteiger partial charge in [0.15, 0.2) is 0 Å².